The molecule has 0 amide bonds. The van der Waals surface area contributed by atoms with Crippen LogP contribution in [0.2, 0.25) is 0 Å². The van der Waals surface area contributed by atoms with Crippen LogP contribution in [0.3, 0.4) is 0 Å². The maximum atomic E-state index is 6.01. The number of nitrogens with zero attached hydrogens (tertiary/aromatic N) is 2. The van der Waals surface area contributed by atoms with E-state index in [-0.39, 0.29) is 16.6 Å². The second-order valence-electron chi connectivity index (χ2n) is 7.94. The molecule has 1 fully saturated rings. The number of thiocarbonyl (C=S) groups is 1. The lowest BCUT2D eigenvalue weighted by molar-refractivity contribution is 0.108. The summed E-state index contributed by atoms with van der Waals surface area (Å²) in [6.45, 7) is 6.84. The van der Waals surface area contributed by atoms with E-state index in [0.717, 1.165) is 18.4 Å². The van der Waals surface area contributed by atoms with Crippen molar-refractivity contribution in [2.75, 3.05) is 21.3 Å². The largest absolute Gasteiger partial charge is 0.496 e. The molecule has 0 aromatic heterocycles. The van der Waals surface area contributed by atoms with Gasteiger partial charge in [-0.1, -0.05) is 20.8 Å². The standard InChI is InChI=1S/C20H31N3O3S/c1-13-7-15(11-20(2,3)10-13)23(19(21)27)22-12-14-8-17(25-5)18(26-6)9-16(14)24-4/h8-9,12-13,15H,7,10-11H2,1-6H3,(H2,21,27)/b22-12+. The third-order valence-corrected chi connectivity index (χ3v) is 5.18. The Morgan fingerprint density at radius 3 is 2.26 bits per heavy atom. The number of hydrogen-bond acceptors (Lipinski definition) is 5. The summed E-state index contributed by atoms with van der Waals surface area (Å²) >= 11 is 5.29. The summed E-state index contributed by atoms with van der Waals surface area (Å²) in [5.41, 5.74) is 7.01. The first-order valence-electron chi connectivity index (χ1n) is 9.13. The summed E-state index contributed by atoms with van der Waals surface area (Å²) in [4.78, 5) is 0. The van der Waals surface area contributed by atoms with Gasteiger partial charge in [-0.2, -0.15) is 5.10 Å². The van der Waals surface area contributed by atoms with Crippen molar-refractivity contribution in [3.8, 4) is 17.2 Å². The van der Waals surface area contributed by atoms with E-state index in [1.165, 1.54) is 6.42 Å². The Morgan fingerprint density at radius 1 is 1.15 bits per heavy atom. The summed E-state index contributed by atoms with van der Waals surface area (Å²) in [6, 6.07) is 3.78. The Morgan fingerprint density at radius 2 is 1.74 bits per heavy atom. The summed E-state index contributed by atoms with van der Waals surface area (Å²) in [5.74, 6) is 2.44. The third kappa shape index (κ3) is 5.25. The molecule has 1 saturated carbocycles. The molecule has 1 aromatic rings. The Hall–Kier alpha value is -2.02. The van der Waals surface area contributed by atoms with E-state index < -0.39 is 0 Å². The molecule has 0 bridgehead atoms. The molecular weight excluding hydrogens is 362 g/mol. The van der Waals surface area contributed by atoms with Crippen molar-refractivity contribution in [3.05, 3.63) is 17.7 Å². The second-order valence-corrected chi connectivity index (χ2v) is 8.36. The topological polar surface area (TPSA) is 69.3 Å². The first kappa shape index (κ1) is 21.3. The fourth-order valence-electron chi connectivity index (χ4n) is 4.09. The van der Waals surface area contributed by atoms with Crippen LogP contribution in [0.1, 0.15) is 45.6 Å². The first-order chi connectivity index (χ1) is 12.7. The monoisotopic (exact) mass is 393 g/mol. The number of ether oxygens (including phenoxy) is 3. The van der Waals surface area contributed by atoms with Gasteiger partial charge in [-0.3, -0.25) is 0 Å². The average Bonchev–Trinajstić information content (AvgIpc) is 2.59. The number of hydrogen-bond donors (Lipinski definition) is 1. The molecule has 7 heteroatoms. The van der Waals surface area contributed by atoms with Gasteiger partial charge in [0.05, 0.1) is 33.6 Å². The van der Waals surface area contributed by atoms with Crippen molar-refractivity contribution >= 4 is 23.5 Å². The fraction of sp³-hybridized carbons (Fsp3) is 0.600. The molecule has 2 unspecified atom stereocenters. The molecule has 6 nitrogen and oxygen atoms in total. The van der Waals surface area contributed by atoms with Crippen molar-refractivity contribution in [1.29, 1.82) is 0 Å². The Balaban J connectivity index is 2.33. The molecule has 1 aliphatic rings. The van der Waals surface area contributed by atoms with Gasteiger partial charge in [-0.25, -0.2) is 5.01 Å². The van der Waals surface area contributed by atoms with Crippen molar-refractivity contribution in [2.45, 2.75) is 46.1 Å². The van der Waals surface area contributed by atoms with Gasteiger partial charge in [0.15, 0.2) is 16.6 Å². The van der Waals surface area contributed by atoms with Crippen molar-refractivity contribution < 1.29 is 14.2 Å². The van der Waals surface area contributed by atoms with E-state index in [2.05, 4.69) is 25.9 Å². The molecule has 0 aliphatic heterocycles. The lowest BCUT2D eigenvalue weighted by Crippen LogP contribution is -2.45. The van der Waals surface area contributed by atoms with Crippen LogP contribution in [-0.2, 0) is 0 Å². The molecular formula is C20H31N3O3S. The lowest BCUT2D eigenvalue weighted by Gasteiger charge is -2.42. The Kier molecular flexibility index (Phi) is 6.92. The zero-order valence-electron chi connectivity index (χ0n) is 17.1. The molecule has 0 radical (unpaired) electrons. The zero-order chi connectivity index (χ0) is 20.2. The molecule has 150 valence electrons. The molecule has 0 saturated heterocycles. The maximum Gasteiger partial charge on any atom is 0.187 e. The lowest BCUT2D eigenvalue weighted by atomic mass is 9.70. The van der Waals surface area contributed by atoms with Crippen molar-refractivity contribution in [3.63, 3.8) is 0 Å². The second kappa shape index (κ2) is 8.78. The summed E-state index contributed by atoms with van der Waals surface area (Å²) in [6.07, 6.45) is 4.92. The van der Waals surface area contributed by atoms with Gasteiger partial charge in [0, 0.05) is 11.6 Å². The minimum atomic E-state index is 0.184. The van der Waals surface area contributed by atoms with E-state index in [1.54, 1.807) is 38.6 Å². The third-order valence-electron chi connectivity index (χ3n) is 4.99. The van der Waals surface area contributed by atoms with Crippen LogP contribution in [0.5, 0.6) is 17.2 Å². The van der Waals surface area contributed by atoms with Gasteiger partial charge >= 0.3 is 0 Å². The van der Waals surface area contributed by atoms with Crippen LogP contribution in [-0.4, -0.2) is 43.7 Å². The number of nitrogens with two attached hydrogens (primary N) is 1. The normalized spacial score (nSPS) is 21.7. The molecule has 2 atom stereocenters. The zero-order valence-corrected chi connectivity index (χ0v) is 17.9. The van der Waals surface area contributed by atoms with Crippen LogP contribution in [0.25, 0.3) is 0 Å². The number of hydrazone groups is 1. The van der Waals surface area contributed by atoms with E-state index in [4.69, 9.17) is 32.2 Å². The van der Waals surface area contributed by atoms with Crippen LogP contribution < -0.4 is 19.9 Å². The van der Waals surface area contributed by atoms with Gasteiger partial charge in [0.25, 0.3) is 0 Å². The summed E-state index contributed by atoms with van der Waals surface area (Å²) in [5, 5.41) is 6.67. The van der Waals surface area contributed by atoms with Gasteiger partial charge in [-0.05, 0) is 48.9 Å². The summed E-state index contributed by atoms with van der Waals surface area (Å²) < 4.78 is 16.2. The van der Waals surface area contributed by atoms with Crippen molar-refractivity contribution in [1.82, 2.24) is 5.01 Å². The number of rotatable bonds is 6. The maximum absolute atomic E-state index is 6.01. The van der Waals surface area contributed by atoms with Crippen molar-refractivity contribution in [2.24, 2.45) is 22.2 Å². The number of benzene rings is 1. The van der Waals surface area contributed by atoms with Gasteiger partial charge in [-0.15, -0.1) is 0 Å². The predicted octanol–water partition coefficient (Wildman–Crippen LogP) is 3.81. The van der Waals surface area contributed by atoms with E-state index in [0.29, 0.717) is 23.2 Å². The summed E-state index contributed by atoms with van der Waals surface area (Å²) in [7, 11) is 4.79. The highest BCUT2D eigenvalue weighted by atomic mass is 32.1. The molecule has 2 N–H and O–H groups in total. The minimum Gasteiger partial charge on any atom is -0.496 e. The average molecular weight is 394 g/mol. The molecule has 1 aromatic carbocycles. The quantitative estimate of drug-likeness (QED) is 0.450. The van der Waals surface area contributed by atoms with Crippen LogP contribution in [0, 0.1) is 11.3 Å². The van der Waals surface area contributed by atoms with Gasteiger partial charge < -0.3 is 19.9 Å². The highest BCUT2D eigenvalue weighted by molar-refractivity contribution is 7.80. The molecule has 0 spiro atoms. The SMILES string of the molecule is COc1cc(OC)c(OC)cc1/C=N/N(C(N)=S)C1CC(C)CC(C)(C)C1. The van der Waals surface area contributed by atoms with Crippen LogP contribution in [0.4, 0.5) is 0 Å². The minimum absolute atomic E-state index is 0.184. The number of methoxy groups -OCH3 is 3. The highest BCUT2D eigenvalue weighted by Gasteiger charge is 2.35. The smallest absolute Gasteiger partial charge is 0.187 e. The molecule has 1 aliphatic carbocycles. The van der Waals surface area contributed by atoms with E-state index in [1.807, 2.05) is 6.07 Å². The molecule has 0 heterocycles. The van der Waals surface area contributed by atoms with Crippen LogP contribution >= 0.6 is 12.2 Å². The fourth-order valence-corrected chi connectivity index (χ4v) is 4.29. The van der Waals surface area contributed by atoms with Gasteiger partial charge in [0.2, 0.25) is 0 Å². The van der Waals surface area contributed by atoms with Crippen LogP contribution in [0.15, 0.2) is 17.2 Å². The predicted molar refractivity (Wildman–Crippen MR) is 113 cm³/mol. The van der Waals surface area contributed by atoms with Gasteiger partial charge in [0.1, 0.15) is 5.75 Å². The first-order valence-corrected chi connectivity index (χ1v) is 9.54. The molecule has 2 rings (SSSR count). The molecule has 27 heavy (non-hydrogen) atoms. The Bertz CT molecular complexity index is 706. The van der Waals surface area contributed by atoms with E-state index >= 15 is 0 Å². The Labute approximate surface area is 167 Å². The highest BCUT2D eigenvalue weighted by Crippen LogP contribution is 2.40. The van der Waals surface area contributed by atoms with E-state index in [9.17, 15) is 0 Å².